The van der Waals surface area contributed by atoms with Crippen molar-refractivity contribution in [2.24, 2.45) is 5.92 Å². The topological polar surface area (TPSA) is 55.8 Å². The molecule has 0 aliphatic carbocycles. The van der Waals surface area contributed by atoms with E-state index in [1.165, 1.54) is 5.56 Å². The first-order valence-electron chi connectivity index (χ1n) is 9.96. The van der Waals surface area contributed by atoms with Gasteiger partial charge in [-0.25, -0.2) is 9.78 Å². The highest BCUT2D eigenvalue weighted by Gasteiger charge is 2.24. The highest BCUT2D eigenvalue weighted by molar-refractivity contribution is 5.98. The van der Waals surface area contributed by atoms with Gasteiger partial charge in [0, 0.05) is 16.9 Å². The number of quaternary nitrogens is 1. The summed E-state index contributed by atoms with van der Waals surface area (Å²) < 4.78 is 5.34. The lowest BCUT2D eigenvalue weighted by Gasteiger charge is -2.21. The van der Waals surface area contributed by atoms with Crippen molar-refractivity contribution in [2.75, 3.05) is 6.61 Å². The van der Waals surface area contributed by atoms with Crippen molar-refractivity contribution < 1.29 is 14.8 Å². The zero-order valence-electron chi connectivity index (χ0n) is 17.1. The zero-order chi connectivity index (χ0) is 20.1. The van der Waals surface area contributed by atoms with Crippen molar-refractivity contribution in [3.63, 3.8) is 0 Å². The van der Waals surface area contributed by atoms with Gasteiger partial charge in [0.1, 0.15) is 18.3 Å². The van der Waals surface area contributed by atoms with Crippen LogP contribution in [0.2, 0.25) is 0 Å². The van der Waals surface area contributed by atoms with E-state index < -0.39 is 0 Å². The molecule has 1 heterocycles. The zero-order valence-corrected chi connectivity index (χ0v) is 17.1. The Labute approximate surface area is 166 Å². The Morgan fingerprint density at radius 2 is 1.75 bits per heavy atom. The van der Waals surface area contributed by atoms with Gasteiger partial charge in [-0.15, -0.1) is 0 Å². The fourth-order valence-corrected chi connectivity index (χ4v) is 3.77. The number of pyridine rings is 1. The number of carbonyl (C=O) groups is 1. The molecule has 3 aromatic rings. The van der Waals surface area contributed by atoms with Gasteiger partial charge in [-0.1, -0.05) is 62.4 Å². The second-order valence-corrected chi connectivity index (χ2v) is 7.42. The van der Waals surface area contributed by atoms with E-state index in [1.807, 2.05) is 44.2 Å². The predicted molar refractivity (Wildman–Crippen MR) is 112 cm³/mol. The van der Waals surface area contributed by atoms with E-state index in [4.69, 9.17) is 9.72 Å². The Hall–Kier alpha value is -2.72. The van der Waals surface area contributed by atoms with Crippen LogP contribution in [0, 0.1) is 12.8 Å². The normalized spacial score (nSPS) is 12.3. The minimum absolute atomic E-state index is 0.289. The molecule has 0 saturated carbocycles. The lowest BCUT2D eigenvalue weighted by molar-refractivity contribution is -0.717. The van der Waals surface area contributed by atoms with E-state index in [0.717, 1.165) is 22.2 Å². The van der Waals surface area contributed by atoms with E-state index in [9.17, 15) is 4.79 Å². The molecular formula is C24H29N2O2+. The van der Waals surface area contributed by atoms with E-state index in [0.29, 0.717) is 30.7 Å². The second kappa shape index (κ2) is 8.98. The summed E-state index contributed by atoms with van der Waals surface area (Å²) in [4.78, 5) is 17.5. The fourth-order valence-electron chi connectivity index (χ4n) is 3.77. The van der Waals surface area contributed by atoms with E-state index in [2.05, 4.69) is 43.4 Å². The molecule has 2 N–H and O–H groups in total. The SMILES string of the molecule is CCOC(=O)c1c(C[NH2+][C@H](c2ccccc2)C(C)C)nc2ccccc2c1C. The number of benzene rings is 2. The average Bonchev–Trinajstić information content (AvgIpc) is 2.69. The maximum absolute atomic E-state index is 12.7. The summed E-state index contributed by atoms with van der Waals surface area (Å²) in [5, 5.41) is 3.27. The van der Waals surface area contributed by atoms with Crippen LogP contribution < -0.4 is 5.32 Å². The second-order valence-electron chi connectivity index (χ2n) is 7.42. The number of rotatable bonds is 7. The van der Waals surface area contributed by atoms with Gasteiger partial charge < -0.3 is 10.1 Å². The molecule has 0 saturated heterocycles. The Bertz CT molecular complexity index is 951. The number of aryl methyl sites for hydroxylation is 1. The van der Waals surface area contributed by atoms with E-state index in [1.54, 1.807) is 0 Å². The van der Waals surface area contributed by atoms with Crippen LogP contribution >= 0.6 is 0 Å². The number of ether oxygens (including phenoxy) is 1. The van der Waals surface area contributed by atoms with Crippen molar-refractivity contribution in [1.29, 1.82) is 0 Å². The van der Waals surface area contributed by atoms with Crippen LogP contribution in [0.5, 0.6) is 0 Å². The van der Waals surface area contributed by atoms with Gasteiger partial charge in [0.25, 0.3) is 0 Å². The number of hydrogen-bond acceptors (Lipinski definition) is 3. The van der Waals surface area contributed by atoms with Gasteiger partial charge in [-0.3, -0.25) is 0 Å². The van der Waals surface area contributed by atoms with Crippen molar-refractivity contribution in [3.8, 4) is 0 Å². The Morgan fingerprint density at radius 1 is 1.07 bits per heavy atom. The molecule has 3 rings (SSSR count). The van der Waals surface area contributed by atoms with Crippen molar-refractivity contribution in [2.45, 2.75) is 40.3 Å². The number of aromatic nitrogens is 1. The largest absolute Gasteiger partial charge is 0.462 e. The minimum Gasteiger partial charge on any atom is -0.462 e. The number of hydrogen-bond donors (Lipinski definition) is 1. The van der Waals surface area contributed by atoms with Gasteiger partial charge >= 0.3 is 5.97 Å². The molecule has 0 unspecified atom stereocenters. The standard InChI is InChI=1S/C24H28N2O2/c1-5-28-24(27)22-17(4)19-13-9-10-14-20(19)26-21(22)15-25-23(16(2)3)18-11-7-6-8-12-18/h6-14,16,23,25H,5,15H2,1-4H3/p+1/t23-/m0/s1. The van der Waals surface area contributed by atoms with Crippen LogP contribution in [0.3, 0.4) is 0 Å². The molecule has 146 valence electrons. The van der Waals surface area contributed by atoms with Crippen LogP contribution in [0.25, 0.3) is 10.9 Å². The highest BCUT2D eigenvalue weighted by Crippen LogP contribution is 2.24. The maximum Gasteiger partial charge on any atom is 0.340 e. The first-order chi connectivity index (χ1) is 13.5. The van der Waals surface area contributed by atoms with Crippen LogP contribution in [0.15, 0.2) is 54.6 Å². The van der Waals surface area contributed by atoms with E-state index in [-0.39, 0.29) is 5.97 Å². The molecule has 4 nitrogen and oxygen atoms in total. The number of nitrogens with zero attached hydrogens (tertiary/aromatic N) is 1. The summed E-state index contributed by atoms with van der Waals surface area (Å²) in [5.74, 6) is 0.164. The summed E-state index contributed by atoms with van der Waals surface area (Å²) in [6, 6.07) is 18.8. The Balaban J connectivity index is 1.99. The van der Waals surface area contributed by atoms with Crippen LogP contribution in [0.1, 0.15) is 54.0 Å². The molecular weight excluding hydrogens is 348 g/mol. The van der Waals surface area contributed by atoms with Gasteiger partial charge in [-0.05, 0) is 25.5 Å². The summed E-state index contributed by atoms with van der Waals surface area (Å²) >= 11 is 0. The molecule has 0 aliphatic rings. The van der Waals surface area contributed by atoms with Crippen molar-refractivity contribution in [3.05, 3.63) is 77.0 Å². The molecule has 1 aromatic heterocycles. The van der Waals surface area contributed by atoms with Crippen molar-refractivity contribution >= 4 is 16.9 Å². The Kier molecular flexibility index (Phi) is 6.42. The lowest BCUT2D eigenvalue weighted by Crippen LogP contribution is -2.85. The minimum atomic E-state index is -0.289. The van der Waals surface area contributed by atoms with Gasteiger partial charge in [0.15, 0.2) is 0 Å². The molecule has 28 heavy (non-hydrogen) atoms. The molecule has 4 heteroatoms. The lowest BCUT2D eigenvalue weighted by atomic mass is 9.95. The van der Waals surface area contributed by atoms with Crippen LogP contribution in [-0.4, -0.2) is 17.6 Å². The first kappa shape index (κ1) is 20.0. The summed E-state index contributed by atoms with van der Waals surface area (Å²) in [6.45, 7) is 9.23. The smallest absolute Gasteiger partial charge is 0.340 e. The van der Waals surface area contributed by atoms with Gasteiger partial charge in [0.2, 0.25) is 0 Å². The fraction of sp³-hybridized carbons (Fsp3) is 0.333. The molecule has 0 spiro atoms. The summed E-state index contributed by atoms with van der Waals surface area (Å²) in [5.41, 5.74) is 4.53. The Morgan fingerprint density at radius 3 is 2.43 bits per heavy atom. The molecule has 0 aliphatic heterocycles. The van der Waals surface area contributed by atoms with Gasteiger partial charge in [-0.2, -0.15) is 0 Å². The monoisotopic (exact) mass is 377 g/mol. The van der Waals surface area contributed by atoms with Crippen molar-refractivity contribution in [1.82, 2.24) is 4.98 Å². The summed E-state index contributed by atoms with van der Waals surface area (Å²) in [7, 11) is 0. The van der Waals surface area contributed by atoms with Crippen LogP contribution in [-0.2, 0) is 11.3 Å². The quantitative estimate of drug-likeness (QED) is 0.629. The highest BCUT2D eigenvalue weighted by atomic mass is 16.5. The molecule has 2 aromatic carbocycles. The third-order valence-corrected chi connectivity index (χ3v) is 5.17. The maximum atomic E-state index is 12.7. The molecule has 0 bridgehead atoms. The molecule has 1 atom stereocenters. The molecule has 0 fully saturated rings. The van der Waals surface area contributed by atoms with E-state index >= 15 is 0 Å². The number of para-hydroxylation sites is 1. The molecule has 0 amide bonds. The number of esters is 1. The molecule has 0 radical (unpaired) electrons. The number of nitrogens with two attached hydrogens (primary N) is 1. The average molecular weight is 378 g/mol. The van der Waals surface area contributed by atoms with Gasteiger partial charge in [0.05, 0.1) is 17.7 Å². The summed E-state index contributed by atoms with van der Waals surface area (Å²) in [6.07, 6.45) is 0. The first-order valence-corrected chi connectivity index (χ1v) is 9.96. The third-order valence-electron chi connectivity index (χ3n) is 5.17. The third kappa shape index (κ3) is 4.23. The van der Waals surface area contributed by atoms with Crippen LogP contribution in [0.4, 0.5) is 0 Å². The number of fused-ring (bicyclic) bond motifs is 1. The number of carbonyl (C=O) groups excluding carboxylic acids is 1. The predicted octanol–water partition coefficient (Wildman–Crippen LogP) is 4.18.